The van der Waals surface area contributed by atoms with Crippen LogP contribution in [-0.2, 0) is 4.79 Å². The van der Waals surface area contributed by atoms with Crippen LogP contribution in [0.25, 0.3) is 10.2 Å². The number of thiazole rings is 1. The van der Waals surface area contributed by atoms with Gasteiger partial charge >= 0.3 is 5.97 Å². The van der Waals surface area contributed by atoms with Gasteiger partial charge in [0.05, 0.1) is 21.1 Å². The lowest BCUT2D eigenvalue weighted by Crippen LogP contribution is -2.23. The van der Waals surface area contributed by atoms with Crippen molar-refractivity contribution in [3.63, 3.8) is 0 Å². The summed E-state index contributed by atoms with van der Waals surface area (Å²) in [4.78, 5) is 16.0. The Labute approximate surface area is 115 Å². The maximum atomic E-state index is 11.4. The van der Waals surface area contributed by atoms with Crippen molar-refractivity contribution >= 4 is 27.5 Å². The minimum atomic E-state index is -0.718. The number of aryl methyl sites for hydroxylation is 1. The Morgan fingerprint density at radius 3 is 2.95 bits per heavy atom. The number of hydrogen-bond donors (Lipinski definition) is 1. The smallest absolute Gasteiger partial charge is 0.307 e. The quantitative estimate of drug-likeness (QED) is 0.848. The Balaban J connectivity index is 2.02. The van der Waals surface area contributed by atoms with E-state index in [2.05, 4.69) is 29.3 Å². The van der Waals surface area contributed by atoms with Crippen LogP contribution < -0.4 is 0 Å². The Morgan fingerprint density at radius 1 is 1.37 bits per heavy atom. The van der Waals surface area contributed by atoms with E-state index in [-0.39, 0.29) is 11.8 Å². The van der Waals surface area contributed by atoms with Crippen LogP contribution in [0.3, 0.4) is 0 Å². The van der Waals surface area contributed by atoms with Gasteiger partial charge in [-0.2, -0.15) is 0 Å². The second kappa shape index (κ2) is 4.78. The molecule has 1 heterocycles. The molecule has 2 unspecified atom stereocenters. The van der Waals surface area contributed by atoms with Crippen molar-refractivity contribution in [2.24, 2.45) is 5.92 Å². The van der Waals surface area contributed by atoms with E-state index in [9.17, 15) is 9.90 Å². The fraction of sp³-hybridized carbons (Fsp3) is 0.333. The first kappa shape index (κ1) is 12.4. The van der Waals surface area contributed by atoms with E-state index in [1.807, 2.05) is 13.0 Å². The number of aromatic nitrogens is 1. The van der Waals surface area contributed by atoms with Crippen molar-refractivity contribution in [3.05, 3.63) is 40.9 Å². The number of carbonyl (C=O) groups is 1. The molecule has 0 spiro atoms. The van der Waals surface area contributed by atoms with E-state index in [0.29, 0.717) is 6.42 Å². The fourth-order valence-corrected chi connectivity index (χ4v) is 3.70. The average Bonchev–Trinajstić information content (AvgIpc) is 2.81. The summed E-state index contributed by atoms with van der Waals surface area (Å²) in [6.45, 7) is 2.04. The molecule has 1 aliphatic carbocycles. The van der Waals surface area contributed by atoms with Crippen LogP contribution in [0.4, 0.5) is 0 Å². The molecule has 4 heteroatoms. The number of carboxylic acids is 1. The SMILES string of the molecule is Cc1ccc2sc(C3CC=CCC3C(=O)O)nc2c1. The summed E-state index contributed by atoms with van der Waals surface area (Å²) in [6.07, 6.45) is 5.42. The molecule has 98 valence electrons. The second-order valence-electron chi connectivity index (χ2n) is 5.02. The standard InChI is InChI=1S/C15H15NO2S/c1-9-6-7-13-12(8-9)16-14(19-13)10-4-2-3-5-11(10)15(17)18/h2-3,6-8,10-11H,4-5H2,1H3,(H,17,18). The molecule has 0 amide bonds. The summed E-state index contributed by atoms with van der Waals surface area (Å²) < 4.78 is 1.14. The molecule has 2 aromatic rings. The molecule has 1 aliphatic rings. The van der Waals surface area contributed by atoms with Gasteiger partial charge in [-0.3, -0.25) is 4.79 Å². The Kier molecular flexibility index (Phi) is 3.11. The van der Waals surface area contributed by atoms with Gasteiger partial charge in [0.1, 0.15) is 0 Å². The second-order valence-corrected chi connectivity index (χ2v) is 6.08. The molecular formula is C15H15NO2S. The van der Waals surface area contributed by atoms with Crippen molar-refractivity contribution in [3.8, 4) is 0 Å². The van der Waals surface area contributed by atoms with Gasteiger partial charge in [-0.25, -0.2) is 4.98 Å². The van der Waals surface area contributed by atoms with Crippen molar-refractivity contribution in [1.29, 1.82) is 0 Å². The lowest BCUT2D eigenvalue weighted by atomic mass is 9.83. The van der Waals surface area contributed by atoms with Crippen molar-refractivity contribution in [2.45, 2.75) is 25.7 Å². The molecule has 3 rings (SSSR count). The Hall–Kier alpha value is -1.68. The maximum absolute atomic E-state index is 11.4. The molecule has 0 saturated carbocycles. The van der Waals surface area contributed by atoms with Crippen molar-refractivity contribution in [1.82, 2.24) is 4.98 Å². The maximum Gasteiger partial charge on any atom is 0.307 e. The van der Waals surface area contributed by atoms with Crippen molar-refractivity contribution in [2.75, 3.05) is 0 Å². The van der Waals surface area contributed by atoms with E-state index >= 15 is 0 Å². The van der Waals surface area contributed by atoms with Gasteiger partial charge in [0.2, 0.25) is 0 Å². The zero-order valence-corrected chi connectivity index (χ0v) is 11.5. The van der Waals surface area contributed by atoms with Gasteiger partial charge in [0, 0.05) is 5.92 Å². The van der Waals surface area contributed by atoms with Crippen LogP contribution in [0.15, 0.2) is 30.4 Å². The van der Waals surface area contributed by atoms with Crippen LogP contribution in [-0.4, -0.2) is 16.1 Å². The van der Waals surface area contributed by atoms with Crippen LogP contribution in [0.1, 0.15) is 29.3 Å². The highest BCUT2D eigenvalue weighted by Crippen LogP contribution is 2.38. The number of fused-ring (bicyclic) bond motifs is 1. The molecular weight excluding hydrogens is 258 g/mol. The number of carboxylic acid groups (broad SMARTS) is 1. The molecule has 19 heavy (non-hydrogen) atoms. The summed E-state index contributed by atoms with van der Waals surface area (Å²) in [5, 5.41) is 10.3. The van der Waals surface area contributed by atoms with Gasteiger partial charge in [-0.15, -0.1) is 11.3 Å². The lowest BCUT2D eigenvalue weighted by Gasteiger charge is -2.22. The molecule has 3 nitrogen and oxygen atoms in total. The summed E-state index contributed by atoms with van der Waals surface area (Å²) in [5.41, 5.74) is 2.17. The zero-order chi connectivity index (χ0) is 13.4. The van der Waals surface area contributed by atoms with Crippen LogP contribution in [0.2, 0.25) is 0 Å². The Bertz CT molecular complexity index is 659. The van der Waals surface area contributed by atoms with Gasteiger partial charge < -0.3 is 5.11 Å². The van der Waals surface area contributed by atoms with Gasteiger partial charge in [0.25, 0.3) is 0 Å². The molecule has 1 aromatic heterocycles. The normalized spacial score (nSPS) is 22.8. The first-order chi connectivity index (χ1) is 9.15. The number of rotatable bonds is 2. The number of allylic oxidation sites excluding steroid dienone is 2. The molecule has 0 bridgehead atoms. The third-order valence-electron chi connectivity index (χ3n) is 3.63. The van der Waals surface area contributed by atoms with E-state index in [1.165, 1.54) is 5.56 Å². The molecule has 0 saturated heterocycles. The van der Waals surface area contributed by atoms with E-state index < -0.39 is 5.97 Å². The molecule has 1 N–H and O–H groups in total. The van der Waals surface area contributed by atoms with Crippen LogP contribution >= 0.6 is 11.3 Å². The predicted octanol–water partition coefficient (Wildman–Crippen LogP) is 3.74. The van der Waals surface area contributed by atoms with Gasteiger partial charge in [0.15, 0.2) is 0 Å². The summed E-state index contributed by atoms with van der Waals surface area (Å²) in [6, 6.07) is 6.20. The number of nitrogens with zero attached hydrogens (tertiary/aromatic N) is 1. The van der Waals surface area contributed by atoms with E-state index in [4.69, 9.17) is 0 Å². The predicted molar refractivity (Wildman–Crippen MR) is 76.6 cm³/mol. The third-order valence-corrected chi connectivity index (χ3v) is 4.79. The highest BCUT2D eigenvalue weighted by Gasteiger charge is 2.32. The minimum Gasteiger partial charge on any atom is -0.481 e. The van der Waals surface area contributed by atoms with Crippen LogP contribution in [0.5, 0.6) is 0 Å². The summed E-state index contributed by atoms with van der Waals surface area (Å²) in [7, 11) is 0. The Morgan fingerprint density at radius 2 is 2.16 bits per heavy atom. The number of aliphatic carboxylic acids is 1. The first-order valence-corrected chi connectivity index (χ1v) is 7.21. The zero-order valence-electron chi connectivity index (χ0n) is 10.7. The van der Waals surface area contributed by atoms with Crippen LogP contribution in [0, 0.1) is 12.8 Å². The van der Waals surface area contributed by atoms with E-state index in [0.717, 1.165) is 21.6 Å². The molecule has 1 aromatic carbocycles. The molecule has 0 fully saturated rings. The summed E-state index contributed by atoms with van der Waals surface area (Å²) in [5.74, 6) is -1.04. The topological polar surface area (TPSA) is 50.2 Å². The number of benzene rings is 1. The number of hydrogen-bond acceptors (Lipinski definition) is 3. The minimum absolute atomic E-state index is 0.0141. The third kappa shape index (κ3) is 2.28. The lowest BCUT2D eigenvalue weighted by molar-refractivity contribution is -0.142. The highest BCUT2D eigenvalue weighted by atomic mass is 32.1. The van der Waals surface area contributed by atoms with E-state index in [1.54, 1.807) is 11.3 Å². The molecule has 2 atom stereocenters. The molecule has 0 aliphatic heterocycles. The average molecular weight is 273 g/mol. The largest absolute Gasteiger partial charge is 0.481 e. The monoisotopic (exact) mass is 273 g/mol. The van der Waals surface area contributed by atoms with Crippen molar-refractivity contribution < 1.29 is 9.90 Å². The molecule has 0 radical (unpaired) electrons. The summed E-state index contributed by atoms with van der Waals surface area (Å²) >= 11 is 1.63. The fourth-order valence-electron chi connectivity index (χ4n) is 2.57. The highest BCUT2D eigenvalue weighted by molar-refractivity contribution is 7.18. The van der Waals surface area contributed by atoms with Gasteiger partial charge in [-0.1, -0.05) is 18.2 Å². The van der Waals surface area contributed by atoms with Gasteiger partial charge in [-0.05, 0) is 37.5 Å². The first-order valence-electron chi connectivity index (χ1n) is 6.40.